The predicted octanol–water partition coefficient (Wildman–Crippen LogP) is 8.63. The van der Waals surface area contributed by atoms with Gasteiger partial charge in [-0.1, -0.05) is 30.3 Å². The van der Waals surface area contributed by atoms with Crippen molar-refractivity contribution in [1.82, 2.24) is 0 Å². The van der Waals surface area contributed by atoms with Crippen LogP contribution in [0.3, 0.4) is 0 Å². The monoisotopic (exact) mass is 610 g/mol. The van der Waals surface area contributed by atoms with Gasteiger partial charge in [-0.05, 0) is 133 Å². The topological polar surface area (TPSA) is 35.5 Å². The SMILES string of the molecule is COc1ccc2c(CCc3ccc(/C=C/C(=O)OC(C)(C)C)cc3)c(-c3ccc(I)cc3C)sc2c1. The molecule has 3 nitrogen and oxygen atoms in total. The molecule has 0 aliphatic carbocycles. The second-order valence-corrected chi connectivity index (χ2v) is 12.1. The van der Waals surface area contributed by atoms with E-state index in [1.807, 2.05) is 32.1 Å². The molecular weight excluding hydrogens is 579 g/mol. The largest absolute Gasteiger partial charge is 0.497 e. The summed E-state index contributed by atoms with van der Waals surface area (Å²) < 4.78 is 13.3. The fraction of sp³-hybridized carbons (Fsp3) is 0.258. The lowest BCUT2D eigenvalue weighted by Gasteiger charge is -2.17. The molecular formula is C31H31IO3S. The molecule has 0 amide bonds. The number of benzene rings is 3. The van der Waals surface area contributed by atoms with Gasteiger partial charge in [0.1, 0.15) is 11.4 Å². The molecule has 36 heavy (non-hydrogen) atoms. The normalized spacial score (nSPS) is 11.8. The summed E-state index contributed by atoms with van der Waals surface area (Å²) in [6.07, 6.45) is 5.17. The van der Waals surface area contributed by atoms with Crippen molar-refractivity contribution in [3.8, 4) is 16.2 Å². The Morgan fingerprint density at radius 3 is 2.42 bits per heavy atom. The minimum absolute atomic E-state index is 0.328. The Labute approximate surface area is 231 Å². The van der Waals surface area contributed by atoms with Gasteiger partial charge < -0.3 is 9.47 Å². The van der Waals surface area contributed by atoms with E-state index in [0.29, 0.717) is 0 Å². The van der Waals surface area contributed by atoms with Crippen LogP contribution in [0.1, 0.15) is 43.0 Å². The second kappa shape index (κ2) is 11.2. The molecule has 0 atom stereocenters. The van der Waals surface area contributed by atoms with E-state index < -0.39 is 5.60 Å². The van der Waals surface area contributed by atoms with Crippen molar-refractivity contribution in [1.29, 1.82) is 0 Å². The maximum absolute atomic E-state index is 12.0. The van der Waals surface area contributed by atoms with Crippen molar-refractivity contribution in [3.05, 3.63) is 92.6 Å². The van der Waals surface area contributed by atoms with Crippen molar-refractivity contribution in [2.24, 2.45) is 0 Å². The lowest BCUT2D eigenvalue weighted by atomic mass is 9.97. The summed E-state index contributed by atoms with van der Waals surface area (Å²) in [6, 6.07) is 21.4. The van der Waals surface area contributed by atoms with Crippen LogP contribution in [0.4, 0.5) is 0 Å². The second-order valence-electron chi connectivity index (χ2n) is 9.84. The van der Waals surface area contributed by atoms with Crippen LogP contribution in [0.15, 0.2) is 66.7 Å². The molecule has 0 saturated heterocycles. The molecule has 4 rings (SSSR count). The highest BCUT2D eigenvalue weighted by Gasteiger charge is 2.17. The summed E-state index contributed by atoms with van der Waals surface area (Å²) in [5.41, 5.74) is 5.74. The molecule has 1 aromatic heterocycles. The van der Waals surface area contributed by atoms with E-state index >= 15 is 0 Å². The summed E-state index contributed by atoms with van der Waals surface area (Å²) in [5, 5.41) is 1.30. The summed E-state index contributed by atoms with van der Waals surface area (Å²) in [5.74, 6) is 0.558. The average Bonchev–Trinajstić information content (AvgIpc) is 3.18. The van der Waals surface area contributed by atoms with Crippen molar-refractivity contribution >= 4 is 56.1 Å². The number of thiophene rings is 1. The maximum Gasteiger partial charge on any atom is 0.331 e. The van der Waals surface area contributed by atoms with Gasteiger partial charge in [0.2, 0.25) is 0 Å². The van der Waals surface area contributed by atoms with Crippen LogP contribution in [0.25, 0.3) is 26.6 Å². The van der Waals surface area contributed by atoms with Crippen molar-refractivity contribution in [2.75, 3.05) is 7.11 Å². The van der Waals surface area contributed by atoms with Crippen LogP contribution in [0, 0.1) is 10.5 Å². The Balaban J connectivity index is 1.57. The first-order chi connectivity index (χ1) is 17.1. The Bertz CT molecular complexity index is 1410. The van der Waals surface area contributed by atoms with Crippen LogP contribution >= 0.6 is 33.9 Å². The van der Waals surface area contributed by atoms with Crippen LogP contribution in [0.5, 0.6) is 5.75 Å². The van der Waals surface area contributed by atoms with Gasteiger partial charge in [-0.25, -0.2) is 4.79 Å². The fourth-order valence-electron chi connectivity index (χ4n) is 4.17. The number of carbonyl (C=O) groups excluding carboxylic acids is 1. The number of carbonyl (C=O) groups is 1. The highest BCUT2D eigenvalue weighted by molar-refractivity contribution is 14.1. The van der Waals surface area contributed by atoms with Crippen molar-refractivity contribution in [3.63, 3.8) is 0 Å². The van der Waals surface area contributed by atoms with Gasteiger partial charge in [0.05, 0.1) is 7.11 Å². The number of esters is 1. The molecule has 0 bridgehead atoms. The number of ether oxygens (including phenoxy) is 2. The Morgan fingerprint density at radius 1 is 1.00 bits per heavy atom. The fourth-order valence-corrected chi connectivity index (χ4v) is 6.19. The Morgan fingerprint density at radius 2 is 1.75 bits per heavy atom. The first kappa shape index (κ1) is 26.4. The van der Waals surface area contributed by atoms with Gasteiger partial charge in [-0.3, -0.25) is 0 Å². The van der Waals surface area contributed by atoms with E-state index in [1.165, 1.54) is 46.9 Å². The van der Waals surface area contributed by atoms with Gasteiger partial charge in [-0.15, -0.1) is 11.3 Å². The third kappa shape index (κ3) is 6.56. The Hall–Kier alpha value is -2.64. The number of hydrogen-bond acceptors (Lipinski definition) is 4. The van der Waals surface area contributed by atoms with Crippen LogP contribution in [0.2, 0.25) is 0 Å². The number of fused-ring (bicyclic) bond motifs is 1. The van der Waals surface area contributed by atoms with Crippen molar-refractivity contribution < 1.29 is 14.3 Å². The molecule has 0 spiro atoms. The first-order valence-electron chi connectivity index (χ1n) is 12.0. The summed E-state index contributed by atoms with van der Waals surface area (Å²) in [4.78, 5) is 13.3. The van der Waals surface area contributed by atoms with E-state index in [4.69, 9.17) is 9.47 Å². The molecule has 186 valence electrons. The molecule has 0 fully saturated rings. The molecule has 0 N–H and O–H groups in total. The summed E-state index contributed by atoms with van der Waals surface area (Å²) >= 11 is 4.21. The van der Waals surface area contributed by atoms with E-state index in [2.05, 4.69) is 90.2 Å². The van der Waals surface area contributed by atoms with E-state index in [-0.39, 0.29) is 5.97 Å². The number of rotatable bonds is 7. The standard InChI is InChI=1S/C31H31IO3S/c1-20-18-23(32)12-15-25(20)30-27(26-16-13-24(34-5)19-28(26)36-30)14-10-21-6-8-22(9-7-21)11-17-29(33)35-31(2,3)4/h6-9,11-13,15-19H,10,14H2,1-5H3/b17-11+. The zero-order valence-electron chi connectivity index (χ0n) is 21.4. The zero-order valence-corrected chi connectivity index (χ0v) is 24.3. The van der Waals surface area contributed by atoms with Gasteiger partial charge >= 0.3 is 5.97 Å². The average molecular weight is 611 g/mol. The smallest absolute Gasteiger partial charge is 0.331 e. The van der Waals surface area contributed by atoms with E-state index in [9.17, 15) is 4.79 Å². The number of aryl methyl sites for hydroxylation is 3. The highest BCUT2D eigenvalue weighted by Crippen LogP contribution is 2.42. The molecule has 0 radical (unpaired) electrons. The van der Waals surface area contributed by atoms with Gasteiger partial charge in [0.15, 0.2) is 0 Å². The van der Waals surface area contributed by atoms with Crippen LogP contribution in [-0.4, -0.2) is 18.7 Å². The molecule has 1 heterocycles. The molecule has 0 saturated carbocycles. The first-order valence-corrected chi connectivity index (χ1v) is 13.9. The third-order valence-electron chi connectivity index (χ3n) is 5.90. The van der Waals surface area contributed by atoms with Gasteiger partial charge in [0, 0.05) is 19.2 Å². The summed E-state index contributed by atoms with van der Waals surface area (Å²) in [6.45, 7) is 7.79. The quantitative estimate of drug-likeness (QED) is 0.119. The number of halogens is 1. The minimum Gasteiger partial charge on any atom is -0.497 e. The minimum atomic E-state index is -0.488. The molecule has 0 aliphatic heterocycles. The number of hydrogen-bond donors (Lipinski definition) is 0. The molecule has 5 heteroatoms. The van der Waals surface area contributed by atoms with Crippen LogP contribution < -0.4 is 4.74 Å². The lowest BCUT2D eigenvalue weighted by Crippen LogP contribution is -2.22. The Kier molecular flexibility index (Phi) is 8.20. The van der Waals surface area contributed by atoms with Crippen LogP contribution in [-0.2, 0) is 22.4 Å². The lowest BCUT2D eigenvalue weighted by molar-refractivity contribution is -0.148. The van der Waals surface area contributed by atoms with E-state index in [1.54, 1.807) is 13.2 Å². The zero-order chi connectivity index (χ0) is 25.9. The van der Waals surface area contributed by atoms with Gasteiger partial charge in [-0.2, -0.15) is 0 Å². The highest BCUT2D eigenvalue weighted by atomic mass is 127. The molecule has 0 unspecified atom stereocenters. The van der Waals surface area contributed by atoms with Crippen molar-refractivity contribution in [2.45, 2.75) is 46.1 Å². The molecule has 0 aliphatic rings. The van der Waals surface area contributed by atoms with Gasteiger partial charge in [0.25, 0.3) is 0 Å². The molecule has 4 aromatic rings. The molecule has 3 aromatic carbocycles. The predicted molar refractivity (Wildman–Crippen MR) is 160 cm³/mol. The van der Waals surface area contributed by atoms with E-state index in [0.717, 1.165) is 24.2 Å². The summed E-state index contributed by atoms with van der Waals surface area (Å²) in [7, 11) is 1.71. The maximum atomic E-state index is 12.0. The number of methoxy groups -OCH3 is 1. The third-order valence-corrected chi connectivity index (χ3v) is 7.79.